The number of carbonyl (C=O) groups excluding carboxylic acids is 1. The topological polar surface area (TPSA) is 73.0 Å². The van der Waals surface area contributed by atoms with E-state index in [4.69, 9.17) is 0 Å². The van der Waals surface area contributed by atoms with E-state index in [1.807, 2.05) is 0 Å². The van der Waals surface area contributed by atoms with Crippen molar-refractivity contribution < 1.29 is 9.42 Å². The lowest BCUT2D eigenvalue weighted by Gasteiger charge is -2.01. The molecule has 0 bridgehead atoms. The van der Waals surface area contributed by atoms with Gasteiger partial charge in [0.1, 0.15) is 6.20 Å². The van der Waals surface area contributed by atoms with Crippen molar-refractivity contribution in [2.75, 3.05) is 5.43 Å². The van der Waals surface area contributed by atoms with Gasteiger partial charge in [0.15, 0.2) is 5.69 Å². The first-order valence-electron chi connectivity index (χ1n) is 3.58. The lowest BCUT2D eigenvalue weighted by Crippen LogP contribution is -2.21. The van der Waals surface area contributed by atoms with Gasteiger partial charge in [-0.15, -0.1) is 0 Å². The predicted octanol–water partition coefficient (Wildman–Crippen LogP) is 0.255. The van der Waals surface area contributed by atoms with E-state index in [1.165, 1.54) is 10.9 Å². The van der Waals surface area contributed by atoms with E-state index in [0.717, 1.165) is 0 Å². The maximum Gasteiger partial charge on any atom is 0.293 e. The summed E-state index contributed by atoms with van der Waals surface area (Å²) in [6.45, 7) is 0. The minimum absolute atomic E-state index is 0.147. The van der Waals surface area contributed by atoms with Crippen LogP contribution in [0.5, 0.6) is 0 Å². The van der Waals surface area contributed by atoms with Gasteiger partial charge in [-0.2, -0.15) is 0 Å². The van der Waals surface area contributed by atoms with Crippen LogP contribution in [-0.2, 0) is 0 Å². The summed E-state index contributed by atoms with van der Waals surface area (Å²) < 4.78 is 5.80. The highest BCUT2D eigenvalue weighted by atomic mass is 16.6. The van der Waals surface area contributed by atoms with E-state index in [1.54, 1.807) is 24.5 Å². The molecule has 0 saturated heterocycles. The van der Waals surface area contributed by atoms with Crippen LogP contribution in [0.4, 0.5) is 0 Å². The van der Waals surface area contributed by atoms with Gasteiger partial charge in [-0.1, -0.05) is 5.16 Å². The molecule has 6 nitrogen and oxygen atoms in total. The zero-order valence-corrected chi connectivity index (χ0v) is 6.54. The number of carbonyl (C=O) groups is 1. The number of nitrogens with one attached hydrogen (secondary N) is 1. The van der Waals surface area contributed by atoms with Crippen LogP contribution >= 0.6 is 0 Å². The summed E-state index contributed by atoms with van der Waals surface area (Å²) in [5.74, 6) is -0.363. The smallest absolute Gasteiger partial charge is 0.268 e. The van der Waals surface area contributed by atoms with Crippen LogP contribution in [0.25, 0.3) is 0 Å². The molecule has 0 fully saturated rings. The molecule has 0 aromatic carbocycles. The first-order valence-corrected chi connectivity index (χ1v) is 3.58. The van der Waals surface area contributed by atoms with Crippen LogP contribution in [-0.4, -0.2) is 20.9 Å². The molecule has 0 saturated carbocycles. The van der Waals surface area contributed by atoms with E-state index in [9.17, 15) is 4.79 Å². The van der Waals surface area contributed by atoms with Crippen LogP contribution < -0.4 is 5.43 Å². The van der Waals surface area contributed by atoms with Crippen LogP contribution in [0.15, 0.2) is 35.4 Å². The van der Waals surface area contributed by atoms with Crippen LogP contribution in [0.1, 0.15) is 10.5 Å². The molecule has 0 aliphatic carbocycles. The van der Waals surface area contributed by atoms with Crippen molar-refractivity contribution in [2.24, 2.45) is 0 Å². The quantitative estimate of drug-likeness (QED) is 0.715. The molecule has 0 unspecified atom stereocenters. The standard InChI is InChI=1S/C7H6N4O2/c12-7(6-5-8-13-10-6)9-11-3-1-2-4-11/h1-5H,(H,9,12). The number of amides is 1. The predicted molar refractivity (Wildman–Crippen MR) is 42.4 cm³/mol. The van der Waals surface area contributed by atoms with Gasteiger partial charge in [0, 0.05) is 12.4 Å². The molecule has 2 rings (SSSR count). The Kier molecular flexibility index (Phi) is 1.79. The molecule has 1 N–H and O–H groups in total. The van der Waals surface area contributed by atoms with Crippen molar-refractivity contribution in [1.82, 2.24) is 15.0 Å². The highest BCUT2D eigenvalue weighted by molar-refractivity contribution is 5.97. The monoisotopic (exact) mass is 178 g/mol. The highest BCUT2D eigenvalue weighted by Crippen LogP contribution is 1.92. The molecule has 2 aromatic rings. The lowest BCUT2D eigenvalue weighted by molar-refractivity contribution is 0.0998. The summed E-state index contributed by atoms with van der Waals surface area (Å²) >= 11 is 0. The molecule has 66 valence electrons. The third kappa shape index (κ3) is 1.56. The summed E-state index contributed by atoms with van der Waals surface area (Å²) in [5.41, 5.74) is 2.69. The van der Waals surface area contributed by atoms with Crippen molar-refractivity contribution in [3.63, 3.8) is 0 Å². The Bertz CT molecular complexity index is 379. The maximum atomic E-state index is 11.3. The number of nitrogens with zero attached hydrogens (tertiary/aromatic N) is 3. The van der Waals surface area contributed by atoms with E-state index in [0.29, 0.717) is 0 Å². The fraction of sp³-hybridized carbons (Fsp3) is 0. The third-order valence-electron chi connectivity index (χ3n) is 1.43. The summed E-state index contributed by atoms with van der Waals surface area (Å²) in [6, 6.07) is 3.59. The minimum Gasteiger partial charge on any atom is -0.268 e. The molecular weight excluding hydrogens is 172 g/mol. The molecule has 2 heterocycles. The molecule has 0 radical (unpaired) electrons. The average molecular weight is 178 g/mol. The Morgan fingerprint density at radius 1 is 1.46 bits per heavy atom. The molecule has 0 aliphatic rings. The summed E-state index contributed by atoms with van der Waals surface area (Å²) in [5, 5.41) is 6.70. The van der Waals surface area contributed by atoms with Crippen molar-refractivity contribution in [3.8, 4) is 0 Å². The largest absolute Gasteiger partial charge is 0.293 e. The van der Waals surface area contributed by atoms with E-state index < -0.39 is 0 Å². The highest BCUT2D eigenvalue weighted by Gasteiger charge is 2.08. The Balaban J connectivity index is 2.08. The van der Waals surface area contributed by atoms with Gasteiger partial charge >= 0.3 is 0 Å². The summed E-state index contributed by atoms with van der Waals surface area (Å²) in [4.78, 5) is 11.3. The van der Waals surface area contributed by atoms with Gasteiger partial charge in [0.2, 0.25) is 0 Å². The number of hydrogen-bond donors (Lipinski definition) is 1. The summed E-state index contributed by atoms with van der Waals surface area (Å²) in [6.07, 6.45) is 4.65. The first kappa shape index (κ1) is 7.53. The fourth-order valence-corrected chi connectivity index (χ4v) is 0.848. The molecule has 0 aliphatic heterocycles. The van der Waals surface area contributed by atoms with Crippen molar-refractivity contribution in [3.05, 3.63) is 36.4 Å². The minimum atomic E-state index is -0.363. The third-order valence-corrected chi connectivity index (χ3v) is 1.43. The number of hydrogen-bond acceptors (Lipinski definition) is 4. The fourth-order valence-electron chi connectivity index (χ4n) is 0.848. The summed E-state index contributed by atoms with van der Waals surface area (Å²) in [7, 11) is 0. The Morgan fingerprint density at radius 2 is 2.23 bits per heavy atom. The molecule has 13 heavy (non-hydrogen) atoms. The first-order chi connectivity index (χ1) is 6.36. The molecular formula is C7H6N4O2. The second-order valence-corrected chi connectivity index (χ2v) is 2.32. The van der Waals surface area contributed by atoms with Gasteiger partial charge in [-0.05, 0) is 17.3 Å². The number of rotatable bonds is 2. The number of aromatic nitrogens is 3. The van der Waals surface area contributed by atoms with Gasteiger partial charge in [0.05, 0.1) is 0 Å². The van der Waals surface area contributed by atoms with Crippen molar-refractivity contribution in [2.45, 2.75) is 0 Å². The van der Waals surface area contributed by atoms with Crippen molar-refractivity contribution >= 4 is 5.91 Å². The Hall–Kier alpha value is -2.11. The van der Waals surface area contributed by atoms with Gasteiger partial charge < -0.3 is 0 Å². The molecule has 6 heteroatoms. The van der Waals surface area contributed by atoms with Crippen LogP contribution in [0, 0.1) is 0 Å². The van der Waals surface area contributed by atoms with E-state index in [-0.39, 0.29) is 11.6 Å². The van der Waals surface area contributed by atoms with Crippen LogP contribution in [0.3, 0.4) is 0 Å². The maximum absolute atomic E-state index is 11.3. The molecule has 0 atom stereocenters. The lowest BCUT2D eigenvalue weighted by atomic mass is 10.5. The normalized spacial score (nSPS) is 9.85. The second kappa shape index (κ2) is 3.10. The SMILES string of the molecule is O=C(Nn1cccc1)c1cnon1. The zero-order valence-electron chi connectivity index (χ0n) is 6.54. The van der Waals surface area contributed by atoms with Gasteiger partial charge in [0.25, 0.3) is 5.91 Å². The Labute approximate surface area is 73.1 Å². The van der Waals surface area contributed by atoms with Gasteiger partial charge in [-0.3, -0.25) is 14.9 Å². The molecule has 0 spiro atoms. The second-order valence-electron chi connectivity index (χ2n) is 2.32. The zero-order chi connectivity index (χ0) is 9.10. The molecule has 2 aromatic heterocycles. The van der Waals surface area contributed by atoms with Gasteiger partial charge in [-0.25, -0.2) is 4.63 Å². The van der Waals surface area contributed by atoms with E-state index in [2.05, 4.69) is 20.4 Å². The van der Waals surface area contributed by atoms with Crippen LogP contribution in [0.2, 0.25) is 0 Å². The van der Waals surface area contributed by atoms with Crippen molar-refractivity contribution in [1.29, 1.82) is 0 Å². The van der Waals surface area contributed by atoms with E-state index >= 15 is 0 Å². The average Bonchev–Trinajstić information content (AvgIpc) is 2.74. The Morgan fingerprint density at radius 3 is 2.85 bits per heavy atom. The molecule has 1 amide bonds.